The van der Waals surface area contributed by atoms with Gasteiger partial charge in [0.2, 0.25) is 0 Å². The number of aryl methyl sites for hydroxylation is 1. The number of ether oxygens (including phenoxy) is 2. The Morgan fingerprint density at radius 3 is 2.42 bits per heavy atom. The lowest BCUT2D eigenvalue weighted by molar-refractivity contribution is 0.0383. The molecule has 0 bridgehead atoms. The first-order valence-corrected chi connectivity index (χ1v) is 11.7. The van der Waals surface area contributed by atoms with Gasteiger partial charge in [-0.1, -0.05) is 43.1 Å². The molecular weight excluding hydrogens is 442 g/mol. The van der Waals surface area contributed by atoms with E-state index in [9.17, 15) is 17.8 Å². The lowest BCUT2D eigenvalue weighted by Crippen LogP contribution is -2.42. The number of halogens is 1. The van der Waals surface area contributed by atoms with Gasteiger partial charge in [-0.05, 0) is 51.5 Å². The van der Waals surface area contributed by atoms with Gasteiger partial charge in [0, 0.05) is 22.6 Å². The molecule has 0 aliphatic rings. The average molecular weight is 470 g/mol. The van der Waals surface area contributed by atoms with Crippen LogP contribution in [0.1, 0.15) is 46.1 Å². The summed E-state index contributed by atoms with van der Waals surface area (Å²) in [5.74, 6) is 0.162. The third-order valence-corrected chi connectivity index (χ3v) is 5.34. The van der Waals surface area contributed by atoms with E-state index in [0.29, 0.717) is 24.0 Å². The minimum atomic E-state index is -4.59. The maximum absolute atomic E-state index is 12.3. The number of amides is 1. The largest absolute Gasteiger partial charge is 0.470 e. The quantitative estimate of drug-likeness (QED) is 0.404. The topological polar surface area (TPSA) is 102 Å². The lowest BCUT2D eigenvalue weighted by atomic mass is 10.0. The first kappa shape index (κ1) is 25.0. The van der Waals surface area contributed by atoms with Crippen LogP contribution in [0.2, 0.25) is 5.02 Å². The molecule has 2 rings (SSSR count). The maximum atomic E-state index is 12.3. The molecule has 9 heteroatoms. The second-order valence-corrected chi connectivity index (χ2v) is 9.93. The first-order valence-electron chi connectivity index (χ1n) is 9.85. The van der Waals surface area contributed by atoms with E-state index in [1.54, 1.807) is 58.0 Å². The predicted molar refractivity (Wildman–Crippen MR) is 120 cm³/mol. The van der Waals surface area contributed by atoms with E-state index < -0.39 is 28.0 Å². The van der Waals surface area contributed by atoms with Crippen LogP contribution >= 0.6 is 11.6 Å². The third kappa shape index (κ3) is 7.12. The number of alkyl carbamates (subject to hydrolysis) is 1. The van der Waals surface area contributed by atoms with Crippen LogP contribution in [0.25, 0.3) is 11.1 Å². The Hall–Kier alpha value is -2.29. The van der Waals surface area contributed by atoms with Gasteiger partial charge in [-0.15, -0.1) is 0 Å². The summed E-state index contributed by atoms with van der Waals surface area (Å²) in [5, 5.41) is 2.95. The zero-order chi connectivity index (χ0) is 23.4. The van der Waals surface area contributed by atoms with Gasteiger partial charge < -0.3 is 9.47 Å². The third-order valence-electron chi connectivity index (χ3n) is 4.13. The maximum Gasteiger partial charge on any atom is 0.410 e. The fraction of sp³-hybridized carbons (Fsp3) is 0.409. The number of carbonyl (C=O) groups excluding carboxylic acids is 1. The summed E-state index contributed by atoms with van der Waals surface area (Å²) in [6.45, 7) is 8.83. The summed E-state index contributed by atoms with van der Waals surface area (Å²) >= 11 is 6.33. The molecule has 0 heterocycles. The molecule has 7 nitrogen and oxygen atoms in total. The molecule has 170 valence electrons. The van der Waals surface area contributed by atoms with E-state index in [1.807, 2.05) is 6.92 Å². The highest BCUT2D eigenvalue weighted by atomic mass is 35.5. The number of rotatable bonds is 7. The number of nitrogens with one attached hydrogen (secondary N) is 1. The highest BCUT2D eigenvalue weighted by Crippen LogP contribution is 2.41. The van der Waals surface area contributed by atoms with Crippen LogP contribution < -0.4 is 10.1 Å². The van der Waals surface area contributed by atoms with Gasteiger partial charge in [-0.25, -0.2) is 4.79 Å². The van der Waals surface area contributed by atoms with Crippen molar-refractivity contribution in [2.75, 3.05) is 0 Å². The van der Waals surface area contributed by atoms with Crippen molar-refractivity contribution in [2.45, 2.75) is 64.2 Å². The Morgan fingerprint density at radius 1 is 1.23 bits per heavy atom. The lowest BCUT2D eigenvalue weighted by Gasteiger charge is -2.25. The molecule has 0 spiro atoms. The van der Waals surface area contributed by atoms with Crippen molar-refractivity contribution >= 4 is 27.8 Å². The van der Waals surface area contributed by atoms with Gasteiger partial charge in [-0.3, -0.25) is 9.87 Å². The predicted octanol–water partition coefficient (Wildman–Crippen LogP) is 5.59. The fourth-order valence-electron chi connectivity index (χ4n) is 2.96. The molecule has 1 unspecified atom stereocenters. The van der Waals surface area contributed by atoms with E-state index in [-0.39, 0.29) is 21.2 Å². The van der Waals surface area contributed by atoms with Crippen molar-refractivity contribution in [3.63, 3.8) is 0 Å². The number of hydrogen-bond acceptors (Lipinski definition) is 5. The van der Waals surface area contributed by atoms with E-state index in [1.165, 1.54) is 6.07 Å². The zero-order valence-corrected chi connectivity index (χ0v) is 19.8. The molecule has 0 aliphatic heterocycles. The van der Waals surface area contributed by atoms with Gasteiger partial charge in [0.05, 0.1) is 0 Å². The second kappa shape index (κ2) is 9.89. The van der Waals surface area contributed by atoms with Gasteiger partial charge in [0.1, 0.15) is 16.2 Å². The molecule has 2 aromatic carbocycles. The molecule has 1 atom stereocenters. The summed E-state index contributed by atoms with van der Waals surface area (Å²) in [4.78, 5) is 11.9. The summed E-state index contributed by atoms with van der Waals surface area (Å²) in [6.07, 6.45) is -0.333. The fourth-order valence-corrected chi connectivity index (χ4v) is 4.00. The van der Waals surface area contributed by atoms with Crippen LogP contribution in [0, 0.1) is 6.92 Å². The average Bonchev–Trinajstić information content (AvgIpc) is 2.60. The summed E-state index contributed by atoms with van der Waals surface area (Å²) < 4.78 is 45.5. The highest BCUT2D eigenvalue weighted by molar-refractivity contribution is 7.86. The molecule has 0 aliphatic carbocycles. The van der Waals surface area contributed by atoms with Crippen molar-refractivity contribution < 1.29 is 27.2 Å². The van der Waals surface area contributed by atoms with Gasteiger partial charge in [0.15, 0.2) is 6.23 Å². The minimum absolute atomic E-state index is 0.116. The molecular formula is C22H28ClNO6S. The van der Waals surface area contributed by atoms with Gasteiger partial charge in [0.25, 0.3) is 10.1 Å². The smallest absolute Gasteiger partial charge is 0.410 e. The highest BCUT2D eigenvalue weighted by Gasteiger charge is 2.26. The summed E-state index contributed by atoms with van der Waals surface area (Å²) in [5.41, 5.74) is 0.349. The van der Waals surface area contributed by atoms with Crippen LogP contribution in [-0.4, -0.2) is 30.9 Å². The van der Waals surface area contributed by atoms with E-state index in [4.69, 9.17) is 21.1 Å². The van der Waals surface area contributed by atoms with Crippen molar-refractivity contribution in [3.8, 4) is 16.9 Å². The Bertz CT molecular complexity index is 1050. The monoisotopic (exact) mass is 469 g/mol. The zero-order valence-electron chi connectivity index (χ0n) is 18.2. The van der Waals surface area contributed by atoms with Crippen LogP contribution in [0.4, 0.5) is 4.79 Å². The molecule has 2 aromatic rings. The SMILES string of the molecule is CCCC(NC(=O)OC(C)(C)C)Oc1cc(C)cc(S(=O)(=O)O)c1-c1ccccc1Cl. The Morgan fingerprint density at radius 2 is 1.87 bits per heavy atom. The Kier molecular flexibility index (Phi) is 7.97. The first-order chi connectivity index (χ1) is 14.3. The van der Waals surface area contributed by atoms with Crippen molar-refractivity contribution in [2.24, 2.45) is 0 Å². The van der Waals surface area contributed by atoms with Crippen molar-refractivity contribution in [1.29, 1.82) is 0 Å². The van der Waals surface area contributed by atoms with Gasteiger partial charge >= 0.3 is 6.09 Å². The summed E-state index contributed by atoms with van der Waals surface area (Å²) in [7, 11) is -4.59. The van der Waals surface area contributed by atoms with Crippen molar-refractivity contribution in [3.05, 3.63) is 47.0 Å². The van der Waals surface area contributed by atoms with Gasteiger partial charge in [-0.2, -0.15) is 8.42 Å². The van der Waals surface area contributed by atoms with Crippen LogP contribution in [0.3, 0.4) is 0 Å². The molecule has 0 fully saturated rings. The molecule has 0 aromatic heterocycles. The standard InChI is InChI=1S/C22H28ClNO6S/c1-6-9-19(24-21(25)30-22(3,4)5)29-17-12-14(2)13-18(31(26,27)28)20(17)15-10-7-8-11-16(15)23/h7-8,10-13,19H,6,9H2,1-5H3,(H,24,25)(H,26,27,28). The number of hydrogen-bond donors (Lipinski definition) is 2. The molecule has 31 heavy (non-hydrogen) atoms. The second-order valence-electron chi connectivity index (χ2n) is 8.13. The van der Waals surface area contributed by atoms with Crippen LogP contribution in [0.5, 0.6) is 5.75 Å². The van der Waals surface area contributed by atoms with Crippen molar-refractivity contribution in [1.82, 2.24) is 5.32 Å². The Labute approximate surface area is 188 Å². The minimum Gasteiger partial charge on any atom is -0.470 e. The van der Waals surface area contributed by atoms with E-state index in [0.717, 1.165) is 0 Å². The molecule has 0 saturated heterocycles. The molecule has 2 N–H and O–H groups in total. The van der Waals surface area contributed by atoms with Crippen LogP contribution in [-0.2, 0) is 14.9 Å². The number of benzene rings is 2. The molecule has 0 saturated carbocycles. The number of carbonyl (C=O) groups is 1. The molecule has 1 amide bonds. The molecule has 0 radical (unpaired) electrons. The van der Waals surface area contributed by atoms with Crippen LogP contribution in [0.15, 0.2) is 41.3 Å². The normalized spacial score (nSPS) is 12.9. The van der Waals surface area contributed by atoms with E-state index >= 15 is 0 Å². The van der Waals surface area contributed by atoms with E-state index in [2.05, 4.69) is 5.32 Å². The summed E-state index contributed by atoms with van der Waals surface area (Å²) in [6, 6.07) is 9.61. The Balaban J connectivity index is 2.57.